The van der Waals surface area contributed by atoms with Gasteiger partial charge in [-0.15, -0.1) is 0 Å². The Morgan fingerprint density at radius 3 is 2.26 bits per heavy atom. The number of hydrogen-bond donors (Lipinski definition) is 0. The van der Waals surface area contributed by atoms with Gasteiger partial charge >= 0.3 is 0 Å². The Labute approximate surface area is 200 Å². The van der Waals surface area contributed by atoms with Crippen LogP contribution in [-0.2, 0) is 17.6 Å². The summed E-state index contributed by atoms with van der Waals surface area (Å²) in [5.41, 5.74) is 1.83. The Kier molecular flexibility index (Phi) is 8.68. The number of ether oxygens (including phenoxy) is 1. The van der Waals surface area contributed by atoms with E-state index in [1.54, 1.807) is 6.07 Å². The van der Waals surface area contributed by atoms with Crippen molar-refractivity contribution in [3.05, 3.63) is 58.7 Å². The third-order valence-corrected chi connectivity index (χ3v) is 7.94. The Balaban J connectivity index is 1.32. The fraction of sp³-hybridized carbons (Fsp3) is 0.586. The minimum atomic E-state index is -1.53. The summed E-state index contributed by atoms with van der Waals surface area (Å²) in [5, 5.41) is 0. The summed E-state index contributed by atoms with van der Waals surface area (Å²) >= 11 is 0. The highest BCUT2D eigenvalue weighted by Crippen LogP contribution is 2.42. The molecule has 0 aromatic heterocycles. The molecule has 1 fully saturated rings. The fourth-order valence-electron chi connectivity index (χ4n) is 6.01. The molecule has 2 aliphatic rings. The maximum absolute atomic E-state index is 15.3. The van der Waals surface area contributed by atoms with E-state index in [9.17, 15) is 13.2 Å². The van der Waals surface area contributed by atoms with Gasteiger partial charge in [-0.2, -0.15) is 0 Å². The van der Waals surface area contributed by atoms with E-state index in [0.29, 0.717) is 23.8 Å². The SMILES string of the molecule is CCCOCCCCC1CCC(C2CCc3c(ccc(-c4cc(F)c(F)c(F)c4)c3F)C2)CC1. The second-order valence-electron chi connectivity index (χ2n) is 10.2. The van der Waals surface area contributed by atoms with Crippen molar-refractivity contribution >= 4 is 0 Å². The van der Waals surface area contributed by atoms with Crippen molar-refractivity contribution in [1.29, 1.82) is 0 Å². The van der Waals surface area contributed by atoms with Crippen molar-refractivity contribution in [3.8, 4) is 11.1 Å². The highest BCUT2D eigenvalue weighted by molar-refractivity contribution is 5.66. The molecule has 2 aromatic rings. The van der Waals surface area contributed by atoms with Gasteiger partial charge in [0.2, 0.25) is 0 Å². The van der Waals surface area contributed by atoms with Crippen LogP contribution in [0.15, 0.2) is 24.3 Å². The molecular formula is C29H36F4O. The van der Waals surface area contributed by atoms with Gasteiger partial charge < -0.3 is 4.74 Å². The van der Waals surface area contributed by atoms with Gasteiger partial charge in [0.25, 0.3) is 0 Å². The summed E-state index contributed by atoms with van der Waals surface area (Å²) in [7, 11) is 0. The molecule has 34 heavy (non-hydrogen) atoms. The van der Waals surface area contributed by atoms with Crippen LogP contribution >= 0.6 is 0 Å². The first kappa shape index (κ1) is 25.2. The highest BCUT2D eigenvalue weighted by atomic mass is 19.2. The van der Waals surface area contributed by atoms with Gasteiger partial charge in [0.1, 0.15) is 5.82 Å². The molecule has 0 heterocycles. The lowest BCUT2D eigenvalue weighted by atomic mass is 9.69. The number of rotatable bonds is 9. The minimum absolute atomic E-state index is 0.0362. The van der Waals surface area contributed by atoms with Gasteiger partial charge in [-0.3, -0.25) is 0 Å². The summed E-state index contributed by atoms with van der Waals surface area (Å²) in [6, 6.07) is 5.21. The molecule has 1 unspecified atom stereocenters. The van der Waals surface area contributed by atoms with Gasteiger partial charge in [-0.05, 0) is 91.5 Å². The molecule has 1 nitrogen and oxygen atoms in total. The van der Waals surface area contributed by atoms with Crippen LogP contribution in [0.1, 0.15) is 75.8 Å². The number of halogens is 4. The Morgan fingerprint density at radius 2 is 1.56 bits per heavy atom. The Bertz CT molecular complexity index is 942. The third-order valence-electron chi connectivity index (χ3n) is 7.94. The molecule has 4 rings (SSSR count). The van der Waals surface area contributed by atoms with Crippen LogP contribution in [-0.4, -0.2) is 13.2 Å². The monoisotopic (exact) mass is 476 g/mol. The molecule has 1 atom stereocenters. The van der Waals surface area contributed by atoms with E-state index in [1.807, 2.05) is 6.07 Å². The Morgan fingerprint density at radius 1 is 0.824 bits per heavy atom. The van der Waals surface area contributed by atoms with Gasteiger partial charge in [0.15, 0.2) is 17.5 Å². The van der Waals surface area contributed by atoms with Gasteiger partial charge in [-0.25, -0.2) is 17.6 Å². The van der Waals surface area contributed by atoms with Crippen molar-refractivity contribution in [2.75, 3.05) is 13.2 Å². The van der Waals surface area contributed by atoms with E-state index in [0.717, 1.165) is 62.5 Å². The predicted octanol–water partition coefficient (Wildman–Crippen LogP) is 8.42. The largest absolute Gasteiger partial charge is 0.381 e. The molecule has 5 heteroatoms. The van der Waals surface area contributed by atoms with E-state index >= 15 is 4.39 Å². The maximum Gasteiger partial charge on any atom is 0.194 e. The van der Waals surface area contributed by atoms with Crippen LogP contribution in [0.3, 0.4) is 0 Å². The number of unbranched alkanes of at least 4 members (excludes halogenated alkanes) is 1. The second kappa shape index (κ2) is 11.7. The molecule has 0 spiro atoms. The zero-order valence-corrected chi connectivity index (χ0v) is 20.2. The van der Waals surface area contributed by atoms with Crippen molar-refractivity contribution in [2.45, 2.75) is 77.6 Å². The summed E-state index contributed by atoms with van der Waals surface area (Å²) in [5.74, 6) is -2.45. The van der Waals surface area contributed by atoms with Crippen LogP contribution < -0.4 is 0 Å². The third kappa shape index (κ3) is 5.84. The van der Waals surface area contributed by atoms with Crippen molar-refractivity contribution in [3.63, 3.8) is 0 Å². The molecule has 2 aliphatic carbocycles. The van der Waals surface area contributed by atoms with E-state index in [2.05, 4.69) is 6.92 Å². The first-order valence-corrected chi connectivity index (χ1v) is 13.0. The molecule has 186 valence electrons. The van der Waals surface area contributed by atoms with Crippen molar-refractivity contribution in [2.24, 2.45) is 17.8 Å². The van der Waals surface area contributed by atoms with Crippen molar-refractivity contribution in [1.82, 2.24) is 0 Å². The molecule has 0 N–H and O–H groups in total. The standard InChI is InChI=1S/C29H36F4O/c1-2-14-34-15-4-3-5-19-6-8-20(9-7-19)21-10-12-24-22(16-21)11-13-25(28(24)32)23-17-26(30)29(33)27(31)18-23/h11,13,17-21H,2-10,12,14-16H2,1H3. The first-order chi connectivity index (χ1) is 16.5. The average Bonchev–Trinajstić information content (AvgIpc) is 2.85. The maximum atomic E-state index is 15.3. The summed E-state index contributed by atoms with van der Waals surface area (Å²) in [4.78, 5) is 0. The second-order valence-corrected chi connectivity index (χ2v) is 10.2. The average molecular weight is 477 g/mol. The summed E-state index contributed by atoms with van der Waals surface area (Å²) in [6.45, 7) is 3.88. The molecule has 2 aromatic carbocycles. The highest BCUT2D eigenvalue weighted by Gasteiger charge is 2.31. The molecule has 0 saturated heterocycles. The number of fused-ring (bicyclic) bond motifs is 1. The lowest BCUT2D eigenvalue weighted by Crippen LogP contribution is -2.27. The van der Waals surface area contributed by atoms with E-state index < -0.39 is 23.3 Å². The van der Waals surface area contributed by atoms with Gasteiger partial charge in [0, 0.05) is 18.8 Å². The van der Waals surface area contributed by atoms with Crippen LogP contribution in [0.4, 0.5) is 17.6 Å². The molecule has 0 amide bonds. The Hall–Kier alpha value is -1.88. The van der Waals surface area contributed by atoms with Crippen LogP contribution in [0.5, 0.6) is 0 Å². The van der Waals surface area contributed by atoms with E-state index in [4.69, 9.17) is 4.74 Å². The van der Waals surface area contributed by atoms with Gasteiger partial charge in [-0.1, -0.05) is 44.7 Å². The van der Waals surface area contributed by atoms with Crippen LogP contribution in [0.25, 0.3) is 11.1 Å². The first-order valence-electron chi connectivity index (χ1n) is 13.0. The molecule has 0 aliphatic heterocycles. The molecular weight excluding hydrogens is 440 g/mol. The van der Waals surface area contributed by atoms with Crippen LogP contribution in [0, 0.1) is 41.0 Å². The van der Waals surface area contributed by atoms with E-state index in [-0.39, 0.29) is 11.1 Å². The van der Waals surface area contributed by atoms with Crippen LogP contribution in [0.2, 0.25) is 0 Å². The smallest absolute Gasteiger partial charge is 0.194 e. The van der Waals surface area contributed by atoms with Crippen molar-refractivity contribution < 1.29 is 22.3 Å². The zero-order valence-electron chi connectivity index (χ0n) is 20.2. The summed E-state index contributed by atoms with van der Waals surface area (Å²) < 4.78 is 61.5. The van der Waals surface area contributed by atoms with Gasteiger partial charge in [0.05, 0.1) is 0 Å². The minimum Gasteiger partial charge on any atom is -0.381 e. The lowest BCUT2D eigenvalue weighted by Gasteiger charge is -2.37. The zero-order chi connectivity index (χ0) is 24.1. The fourth-order valence-corrected chi connectivity index (χ4v) is 6.01. The molecule has 0 bridgehead atoms. The number of benzene rings is 2. The summed E-state index contributed by atoms with van der Waals surface area (Å²) in [6.07, 6.45) is 12.3. The predicted molar refractivity (Wildman–Crippen MR) is 128 cm³/mol. The lowest BCUT2D eigenvalue weighted by molar-refractivity contribution is 0.127. The number of hydrogen-bond acceptors (Lipinski definition) is 1. The normalized spacial score (nSPS) is 22.6. The molecule has 1 saturated carbocycles. The quantitative estimate of drug-likeness (QED) is 0.200. The van der Waals surface area contributed by atoms with E-state index in [1.165, 1.54) is 38.5 Å². The topological polar surface area (TPSA) is 9.23 Å². The molecule has 0 radical (unpaired) electrons.